The van der Waals surface area contributed by atoms with Gasteiger partial charge in [-0.2, -0.15) is 5.26 Å². The zero-order valence-corrected chi connectivity index (χ0v) is 16.6. The molecule has 1 aliphatic rings. The number of piperidine rings is 1. The van der Waals surface area contributed by atoms with E-state index >= 15 is 0 Å². The third kappa shape index (κ3) is 4.39. The lowest BCUT2D eigenvalue weighted by molar-refractivity contribution is 0.209. The number of benzene rings is 1. The maximum absolute atomic E-state index is 14.5. The van der Waals surface area contributed by atoms with Crippen LogP contribution in [0.25, 0.3) is 10.2 Å². The number of rotatable bonds is 5. The number of anilines is 1. The minimum Gasteiger partial charge on any atom is -0.367 e. The number of fused-ring (bicyclic) bond motifs is 1. The molecule has 0 amide bonds. The van der Waals surface area contributed by atoms with Crippen molar-refractivity contribution >= 4 is 27.4 Å². The Morgan fingerprint density at radius 3 is 3.07 bits per heavy atom. The molecule has 2 aromatic heterocycles. The predicted octanol–water partition coefficient (Wildman–Crippen LogP) is 4.90. The topological polar surface area (TPSA) is 64.8 Å². The fourth-order valence-corrected chi connectivity index (χ4v) is 3.59. The van der Waals surface area contributed by atoms with Gasteiger partial charge < -0.3 is 5.31 Å². The summed E-state index contributed by atoms with van der Waals surface area (Å²) in [5.74, 6) is -2.60. The average Bonchev–Trinajstić information content (AvgIpc) is 3.17. The van der Waals surface area contributed by atoms with Gasteiger partial charge in [0, 0.05) is 44.3 Å². The predicted molar refractivity (Wildman–Crippen MR) is 115 cm³/mol. The van der Waals surface area contributed by atoms with Crippen molar-refractivity contribution < 1.29 is 18.1 Å². The van der Waals surface area contributed by atoms with Crippen molar-refractivity contribution in [2.75, 3.05) is 18.4 Å². The van der Waals surface area contributed by atoms with E-state index in [2.05, 4.69) is 9.97 Å². The Morgan fingerprint density at radius 1 is 1.55 bits per heavy atom. The lowest BCUT2D eigenvalue weighted by atomic mass is 10.0. The van der Waals surface area contributed by atoms with Crippen LogP contribution in [0.3, 0.4) is 0 Å². The molecule has 1 aliphatic heterocycles. The highest BCUT2D eigenvalue weighted by molar-refractivity contribution is 7.18. The van der Waals surface area contributed by atoms with Crippen LogP contribution in [-0.2, 0) is 6.52 Å². The van der Waals surface area contributed by atoms with Crippen molar-refractivity contribution in [3.63, 3.8) is 0 Å². The maximum atomic E-state index is 14.5. The second kappa shape index (κ2) is 8.44. The van der Waals surface area contributed by atoms with E-state index < -0.39 is 62.2 Å². The molecule has 0 radical (unpaired) electrons. The van der Waals surface area contributed by atoms with Crippen LogP contribution >= 0.6 is 11.3 Å². The Balaban J connectivity index is 1.81. The van der Waals surface area contributed by atoms with Gasteiger partial charge in [-0.3, -0.25) is 4.90 Å². The van der Waals surface area contributed by atoms with E-state index in [-0.39, 0.29) is 37.6 Å². The summed E-state index contributed by atoms with van der Waals surface area (Å²) >= 11 is 0.932. The van der Waals surface area contributed by atoms with Gasteiger partial charge in [0.1, 0.15) is 24.1 Å². The Morgan fingerprint density at radius 2 is 2.34 bits per heavy atom. The van der Waals surface area contributed by atoms with Crippen molar-refractivity contribution in [3.05, 3.63) is 52.4 Å². The summed E-state index contributed by atoms with van der Waals surface area (Å²) in [6, 6.07) is 1.94. The van der Waals surface area contributed by atoms with Gasteiger partial charge in [-0.25, -0.2) is 14.4 Å². The Bertz CT molecular complexity index is 1470. The number of nitrogens with zero attached hydrogens (tertiary/aromatic N) is 4. The molecule has 1 saturated heterocycles. The fraction of sp³-hybridized carbons (Fsp3) is 0.409. The minimum atomic E-state index is -3.00. The summed E-state index contributed by atoms with van der Waals surface area (Å²) in [7, 11) is 0. The second-order valence-electron chi connectivity index (χ2n) is 6.58. The first-order chi connectivity index (χ1) is 17.9. The molecule has 1 atom stereocenters. The highest BCUT2D eigenvalue weighted by atomic mass is 32.1. The number of likely N-dealkylation sites (tertiary alicyclic amines) is 1. The first-order valence-corrected chi connectivity index (χ1v) is 9.60. The molecule has 3 heterocycles. The molecular weight excluding hydrogens is 385 g/mol. The molecule has 1 N–H and O–H groups in total. The van der Waals surface area contributed by atoms with Crippen LogP contribution in [0.4, 0.5) is 10.2 Å². The van der Waals surface area contributed by atoms with E-state index in [1.807, 2.05) is 6.07 Å². The van der Waals surface area contributed by atoms with Crippen LogP contribution in [0.2, 0.25) is 1.41 Å². The number of hydrogen-bond acceptors (Lipinski definition) is 6. The Hall–Kier alpha value is -2.56. The molecule has 3 aromatic rings. The molecule has 7 heteroatoms. The van der Waals surface area contributed by atoms with Crippen LogP contribution < -0.4 is 5.31 Å². The van der Waals surface area contributed by atoms with Crippen molar-refractivity contribution in [1.82, 2.24) is 14.9 Å². The largest absolute Gasteiger partial charge is 0.367 e. The summed E-state index contributed by atoms with van der Waals surface area (Å²) in [6.45, 7) is -0.0422. The second-order valence-corrected chi connectivity index (χ2v) is 7.58. The Labute approximate surface area is 188 Å². The van der Waals surface area contributed by atoms with Crippen LogP contribution in [0.15, 0.2) is 30.5 Å². The SMILES string of the molecule is [2H]c1nc(N([2H])C2([2H])C([2H])([2H])CN(C([2H])c3cc(C#N)ccc3F)CC2([2H])[2H])c2c([2H])c(C([2H])(C)C)sc2n1. The van der Waals surface area contributed by atoms with Crippen molar-refractivity contribution in [3.8, 4) is 6.07 Å². The van der Waals surface area contributed by atoms with Gasteiger partial charge in [0.15, 0.2) is 1.41 Å². The third-order valence-electron chi connectivity index (χ3n) is 4.20. The zero-order valence-electron chi connectivity index (χ0n) is 25.7. The van der Waals surface area contributed by atoms with E-state index in [9.17, 15) is 4.39 Å². The molecular formula is C22H24FN5S. The van der Waals surface area contributed by atoms with Gasteiger partial charge in [0.2, 0.25) is 0 Å². The van der Waals surface area contributed by atoms with Gasteiger partial charge in [0.05, 0.1) is 19.8 Å². The number of nitrogens with one attached hydrogen (secondary N) is 1. The smallest absolute Gasteiger partial charge is 0.162 e. The molecule has 5 nitrogen and oxygen atoms in total. The summed E-state index contributed by atoms with van der Waals surface area (Å²) in [4.78, 5) is 9.15. The number of aromatic nitrogens is 2. The van der Waals surface area contributed by atoms with Crippen molar-refractivity contribution in [1.29, 1.82) is 5.26 Å². The summed E-state index contributed by atoms with van der Waals surface area (Å²) in [6.07, 6.45) is -6.32. The van der Waals surface area contributed by atoms with E-state index in [0.717, 1.165) is 28.4 Å². The van der Waals surface area contributed by atoms with Crippen LogP contribution in [-0.4, -0.2) is 34.0 Å². The van der Waals surface area contributed by atoms with Crippen LogP contribution in [0.1, 0.15) is 60.8 Å². The summed E-state index contributed by atoms with van der Waals surface area (Å²) < 4.78 is 101. The monoisotopic (exact) mass is 419 g/mol. The molecule has 150 valence electrons. The molecule has 0 spiro atoms. The summed E-state index contributed by atoms with van der Waals surface area (Å²) in [5.41, 5.74) is -0.199. The highest BCUT2D eigenvalue weighted by Gasteiger charge is 2.21. The third-order valence-corrected chi connectivity index (χ3v) is 5.40. The number of hydrogen-bond donors (Lipinski definition) is 1. The van der Waals surface area contributed by atoms with Crippen molar-refractivity contribution in [2.24, 2.45) is 0 Å². The van der Waals surface area contributed by atoms with E-state index in [4.69, 9.17) is 19.0 Å². The number of nitriles is 1. The van der Waals surface area contributed by atoms with Gasteiger partial charge in [0.25, 0.3) is 0 Å². The first-order valence-electron chi connectivity index (χ1n) is 13.8. The standard InChI is InChI=1S/C22H24FN5S/c1-14(2)20-10-18-21(25-13-26-22(18)29-20)27-17-5-7-28(8-6-17)12-16-9-15(11-24)3-4-19(16)23/h3-4,9-10,13-14,17H,5-8,12H2,1-2H3,(H,25,26,27)/i5D2,6D2,10D,12D,13D,14D,17D/hD. The molecule has 1 fully saturated rings. The van der Waals surface area contributed by atoms with E-state index in [0.29, 0.717) is 0 Å². The summed E-state index contributed by atoms with van der Waals surface area (Å²) in [5, 5.41) is 9.26. The van der Waals surface area contributed by atoms with Crippen LogP contribution in [0, 0.1) is 17.1 Å². The van der Waals surface area contributed by atoms with Gasteiger partial charge in [-0.1, -0.05) is 13.8 Å². The Kier molecular flexibility index (Phi) is 3.20. The fourth-order valence-electron chi connectivity index (χ4n) is 2.71. The number of thiophene rings is 1. The van der Waals surface area contributed by atoms with Crippen molar-refractivity contribution in [2.45, 2.75) is 45.0 Å². The molecule has 0 saturated carbocycles. The van der Waals surface area contributed by atoms with Crippen LogP contribution in [0.5, 0.6) is 0 Å². The molecule has 29 heavy (non-hydrogen) atoms. The molecule has 4 rings (SSSR count). The van der Waals surface area contributed by atoms with Gasteiger partial charge >= 0.3 is 0 Å². The molecule has 1 unspecified atom stereocenters. The minimum absolute atomic E-state index is 0.0648. The van der Waals surface area contributed by atoms with Gasteiger partial charge in [-0.15, -0.1) is 11.3 Å². The van der Waals surface area contributed by atoms with Gasteiger partial charge in [-0.05, 0) is 42.9 Å². The maximum Gasteiger partial charge on any atom is 0.162 e. The average molecular weight is 420 g/mol. The highest BCUT2D eigenvalue weighted by Crippen LogP contribution is 2.33. The molecule has 1 aromatic carbocycles. The lowest BCUT2D eigenvalue weighted by Crippen LogP contribution is -2.39. The quantitative estimate of drug-likeness (QED) is 0.637. The lowest BCUT2D eigenvalue weighted by Gasteiger charge is -2.32. The first kappa shape index (κ1) is 11.0. The zero-order chi connectivity index (χ0) is 29.3. The van der Waals surface area contributed by atoms with E-state index in [1.165, 1.54) is 19.9 Å². The normalized spacial score (nSPS) is 26.7. The molecule has 0 bridgehead atoms. The van der Waals surface area contributed by atoms with E-state index in [1.54, 1.807) is 0 Å². The number of halogens is 1. The molecule has 0 aliphatic carbocycles.